The van der Waals surface area contributed by atoms with Gasteiger partial charge < -0.3 is 14.9 Å². The molecule has 0 aromatic heterocycles. The van der Waals surface area contributed by atoms with Crippen molar-refractivity contribution in [2.75, 3.05) is 33.7 Å². The molecule has 0 amide bonds. The molecule has 3 heteroatoms. The van der Waals surface area contributed by atoms with Gasteiger partial charge in [-0.3, -0.25) is 0 Å². The van der Waals surface area contributed by atoms with Crippen LogP contribution in [0.4, 0.5) is 0 Å². The highest BCUT2D eigenvalue weighted by Gasteiger charge is 2.27. The quantitative estimate of drug-likeness (QED) is 0.724. The van der Waals surface area contributed by atoms with Gasteiger partial charge in [0.05, 0.1) is 6.10 Å². The molecule has 14 heavy (non-hydrogen) atoms. The Bertz CT molecular complexity index is 171. The molecule has 84 valence electrons. The predicted molar refractivity (Wildman–Crippen MR) is 59.4 cm³/mol. The van der Waals surface area contributed by atoms with Gasteiger partial charge >= 0.3 is 0 Å². The van der Waals surface area contributed by atoms with E-state index in [4.69, 9.17) is 0 Å². The molecule has 0 aromatic rings. The van der Waals surface area contributed by atoms with Gasteiger partial charge in [-0.25, -0.2) is 0 Å². The molecule has 1 saturated heterocycles. The van der Waals surface area contributed by atoms with Crippen LogP contribution in [-0.2, 0) is 0 Å². The standard InChI is InChI=1S/C11H24N2O/c1-9-7-13(8-10(2)14)6-5-11(9)12(3)4/h9-11,14H,5-8H2,1-4H3. The Hall–Kier alpha value is -0.120. The lowest BCUT2D eigenvalue weighted by Gasteiger charge is -2.40. The Morgan fingerprint density at radius 1 is 1.50 bits per heavy atom. The molecule has 0 spiro atoms. The number of hydrogen-bond donors (Lipinski definition) is 1. The van der Waals surface area contributed by atoms with Gasteiger partial charge in [-0.05, 0) is 39.9 Å². The predicted octanol–water partition coefficient (Wildman–Crippen LogP) is 0.639. The molecule has 1 aliphatic heterocycles. The second-order valence-corrected chi connectivity index (χ2v) is 4.91. The fourth-order valence-electron chi connectivity index (χ4n) is 2.53. The van der Waals surface area contributed by atoms with E-state index in [0.29, 0.717) is 12.0 Å². The summed E-state index contributed by atoms with van der Waals surface area (Å²) >= 11 is 0. The van der Waals surface area contributed by atoms with E-state index < -0.39 is 0 Å². The fraction of sp³-hybridized carbons (Fsp3) is 1.00. The molecule has 3 nitrogen and oxygen atoms in total. The molecule has 1 rings (SSSR count). The van der Waals surface area contributed by atoms with Crippen molar-refractivity contribution in [3.63, 3.8) is 0 Å². The molecular weight excluding hydrogens is 176 g/mol. The summed E-state index contributed by atoms with van der Waals surface area (Å²) in [7, 11) is 4.32. The van der Waals surface area contributed by atoms with Crippen LogP contribution in [0.25, 0.3) is 0 Å². The molecule has 0 bridgehead atoms. The van der Waals surface area contributed by atoms with Gasteiger partial charge in [0.2, 0.25) is 0 Å². The molecule has 3 atom stereocenters. The highest BCUT2D eigenvalue weighted by atomic mass is 16.3. The number of aliphatic hydroxyl groups excluding tert-OH is 1. The largest absolute Gasteiger partial charge is 0.392 e. The van der Waals surface area contributed by atoms with Gasteiger partial charge in [-0.1, -0.05) is 6.92 Å². The molecule has 0 aliphatic carbocycles. The number of aliphatic hydroxyl groups is 1. The van der Waals surface area contributed by atoms with E-state index >= 15 is 0 Å². The Morgan fingerprint density at radius 3 is 2.57 bits per heavy atom. The van der Waals surface area contributed by atoms with Crippen molar-refractivity contribution in [2.24, 2.45) is 5.92 Å². The molecule has 0 aromatic carbocycles. The van der Waals surface area contributed by atoms with E-state index in [1.54, 1.807) is 0 Å². The van der Waals surface area contributed by atoms with Crippen molar-refractivity contribution in [2.45, 2.75) is 32.4 Å². The Morgan fingerprint density at radius 2 is 2.14 bits per heavy atom. The summed E-state index contributed by atoms with van der Waals surface area (Å²) in [6, 6.07) is 0.709. The van der Waals surface area contributed by atoms with E-state index in [0.717, 1.165) is 19.6 Å². The minimum atomic E-state index is -0.196. The zero-order valence-electron chi connectivity index (χ0n) is 9.90. The van der Waals surface area contributed by atoms with Crippen LogP contribution < -0.4 is 0 Å². The Kier molecular flexibility index (Phi) is 4.35. The number of hydrogen-bond acceptors (Lipinski definition) is 3. The average molecular weight is 200 g/mol. The topological polar surface area (TPSA) is 26.7 Å². The third-order valence-corrected chi connectivity index (χ3v) is 3.13. The minimum absolute atomic E-state index is 0.196. The van der Waals surface area contributed by atoms with E-state index in [9.17, 15) is 5.11 Å². The van der Waals surface area contributed by atoms with Gasteiger partial charge in [0, 0.05) is 19.1 Å². The number of nitrogens with zero attached hydrogens (tertiary/aromatic N) is 2. The molecular formula is C11H24N2O. The fourth-order valence-corrected chi connectivity index (χ4v) is 2.53. The molecule has 1 N–H and O–H groups in total. The summed E-state index contributed by atoms with van der Waals surface area (Å²) in [5, 5.41) is 9.31. The van der Waals surface area contributed by atoms with Crippen molar-refractivity contribution < 1.29 is 5.11 Å². The van der Waals surface area contributed by atoms with E-state index in [1.165, 1.54) is 6.42 Å². The second kappa shape index (κ2) is 5.10. The van der Waals surface area contributed by atoms with Crippen LogP contribution in [0, 0.1) is 5.92 Å². The van der Waals surface area contributed by atoms with Crippen molar-refractivity contribution in [1.82, 2.24) is 9.80 Å². The smallest absolute Gasteiger partial charge is 0.0639 e. The monoisotopic (exact) mass is 200 g/mol. The van der Waals surface area contributed by atoms with Crippen LogP contribution in [0.5, 0.6) is 0 Å². The zero-order valence-corrected chi connectivity index (χ0v) is 9.90. The molecule has 1 aliphatic rings. The maximum atomic E-state index is 9.31. The summed E-state index contributed by atoms with van der Waals surface area (Å²) < 4.78 is 0. The number of rotatable bonds is 3. The van der Waals surface area contributed by atoms with Crippen molar-refractivity contribution in [3.05, 3.63) is 0 Å². The highest BCUT2D eigenvalue weighted by molar-refractivity contribution is 4.82. The summed E-state index contributed by atoms with van der Waals surface area (Å²) in [4.78, 5) is 4.69. The Labute approximate surface area is 87.7 Å². The highest BCUT2D eigenvalue weighted by Crippen LogP contribution is 2.20. The number of piperidine rings is 1. The molecule has 1 fully saturated rings. The maximum Gasteiger partial charge on any atom is 0.0639 e. The van der Waals surface area contributed by atoms with Gasteiger partial charge in [-0.2, -0.15) is 0 Å². The first-order valence-corrected chi connectivity index (χ1v) is 5.57. The third-order valence-electron chi connectivity index (χ3n) is 3.13. The average Bonchev–Trinajstić information content (AvgIpc) is 2.01. The van der Waals surface area contributed by atoms with Crippen molar-refractivity contribution in [1.29, 1.82) is 0 Å². The second-order valence-electron chi connectivity index (χ2n) is 4.91. The summed E-state index contributed by atoms with van der Waals surface area (Å²) in [6.07, 6.45) is 1.03. The first kappa shape index (κ1) is 12.0. The lowest BCUT2D eigenvalue weighted by atomic mass is 9.93. The zero-order chi connectivity index (χ0) is 10.7. The molecule has 0 radical (unpaired) electrons. The Balaban J connectivity index is 2.39. The molecule has 1 heterocycles. The third kappa shape index (κ3) is 3.23. The first-order valence-electron chi connectivity index (χ1n) is 5.57. The summed E-state index contributed by atoms with van der Waals surface area (Å²) in [5.74, 6) is 0.706. The lowest BCUT2D eigenvalue weighted by Crippen LogP contribution is -2.49. The van der Waals surface area contributed by atoms with Crippen molar-refractivity contribution >= 4 is 0 Å². The van der Waals surface area contributed by atoms with Gasteiger partial charge in [-0.15, -0.1) is 0 Å². The SMILES string of the molecule is CC(O)CN1CCC(N(C)C)C(C)C1. The van der Waals surface area contributed by atoms with Crippen LogP contribution in [0.1, 0.15) is 20.3 Å². The van der Waals surface area contributed by atoms with E-state index in [2.05, 4.69) is 30.8 Å². The minimum Gasteiger partial charge on any atom is -0.392 e. The van der Waals surface area contributed by atoms with Crippen LogP contribution in [0.2, 0.25) is 0 Å². The van der Waals surface area contributed by atoms with E-state index in [-0.39, 0.29) is 6.10 Å². The van der Waals surface area contributed by atoms with Crippen LogP contribution in [0.3, 0.4) is 0 Å². The van der Waals surface area contributed by atoms with Crippen LogP contribution in [0.15, 0.2) is 0 Å². The van der Waals surface area contributed by atoms with Gasteiger partial charge in [0.1, 0.15) is 0 Å². The molecule has 3 unspecified atom stereocenters. The molecule has 0 saturated carbocycles. The summed E-state index contributed by atoms with van der Waals surface area (Å²) in [5.41, 5.74) is 0. The van der Waals surface area contributed by atoms with Gasteiger partial charge in [0.25, 0.3) is 0 Å². The number of likely N-dealkylation sites (tertiary alicyclic amines) is 1. The lowest BCUT2D eigenvalue weighted by molar-refractivity contribution is 0.0590. The van der Waals surface area contributed by atoms with Crippen LogP contribution in [-0.4, -0.2) is 60.8 Å². The van der Waals surface area contributed by atoms with Gasteiger partial charge in [0.15, 0.2) is 0 Å². The van der Waals surface area contributed by atoms with E-state index in [1.807, 2.05) is 6.92 Å². The van der Waals surface area contributed by atoms with Crippen molar-refractivity contribution in [3.8, 4) is 0 Å². The van der Waals surface area contributed by atoms with Crippen LogP contribution >= 0.6 is 0 Å². The summed E-state index contributed by atoms with van der Waals surface area (Å²) in [6.45, 7) is 7.23. The number of β-amino-alcohol motifs (C(OH)–C–C–N with tert-alkyl or cyclic N) is 1. The maximum absolute atomic E-state index is 9.31. The first-order chi connectivity index (χ1) is 6.50. The normalized spacial score (nSPS) is 32.1.